The molecule has 1 aromatic rings. The number of thiocarbonyl (C=S) groups is 2. The van der Waals surface area contributed by atoms with Gasteiger partial charge in [0.2, 0.25) is 5.91 Å². The summed E-state index contributed by atoms with van der Waals surface area (Å²) >= 11 is 16.1. The monoisotopic (exact) mass is 380 g/mol. The van der Waals surface area contributed by atoms with Crippen LogP contribution in [-0.4, -0.2) is 31.6 Å². The Kier molecular flexibility index (Phi) is 6.20. The third-order valence-corrected chi connectivity index (χ3v) is 5.79. The largest absolute Gasteiger partial charge is 0.297 e. The quantitative estimate of drug-likeness (QED) is 0.623. The van der Waals surface area contributed by atoms with Crippen LogP contribution in [0.15, 0.2) is 24.3 Å². The van der Waals surface area contributed by atoms with Crippen LogP contribution in [0.5, 0.6) is 0 Å². The van der Waals surface area contributed by atoms with Crippen LogP contribution >= 0.6 is 48.8 Å². The zero-order valence-electron chi connectivity index (χ0n) is 12.6. The number of amides is 1. The van der Waals surface area contributed by atoms with Crippen LogP contribution in [0.1, 0.15) is 30.9 Å². The van der Waals surface area contributed by atoms with Gasteiger partial charge in [0.05, 0.1) is 15.7 Å². The van der Waals surface area contributed by atoms with Gasteiger partial charge in [-0.05, 0) is 18.9 Å². The second kappa shape index (κ2) is 7.75. The van der Waals surface area contributed by atoms with Crippen molar-refractivity contribution in [2.75, 3.05) is 12.3 Å². The summed E-state index contributed by atoms with van der Waals surface area (Å²) in [7, 11) is 0. The number of rotatable bonds is 5. The van der Waals surface area contributed by atoms with Crippen LogP contribution in [0.25, 0.3) is 0 Å². The molecule has 1 saturated heterocycles. The zero-order valence-corrected chi connectivity index (χ0v) is 16.0. The van der Waals surface area contributed by atoms with Crippen molar-refractivity contribution in [2.45, 2.75) is 25.2 Å². The fourth-order valence-corrected chi connectivity index (χ4v) is 4.13. The number of hydrogen-bond acceptors (Lipinski definition) is 5. The van der Waals surface area contributed by atoms with Crippen LogP contribution in [0, 0.1) is 11.3 Å². The molecular formula is C16H16N2OS4. The minimum absolute atomic E-state index is 0.0209. The first-order valence-electron chi connectivity index (χ1n) is 7.10. The van der Waals surface area contributed by atoms with Crippen molar-refractivity contribution < 1.29 is 4.79 Å². The first kappa shape index (κ1) is 18.4. The van der Waals surface area contributed by atoms with Gasteiger partial charge in [-0.15, -0.1) is 12.6 Å². The van der Waals surface area contributed by atoms with E-state index in [9.17, 15) is 10.1 Å². The highest BCUT2D eigenvalue weighted by Gasteiger charge is 2.32. The molecule has 23 heavy (non-hydrogen) atoms. The molecular weight excluding hydrogens is 364 g/mol. The van der Waals surface area contributed by atoms with Gasteiger partial charge in [-0.3, -0.25) is 9.69 Å². The van der Waals surface area contributed by atoms with Crippen LogP contribution in [0.4, 0.5) is 0 Å². The lowest BCUT2D eigenvalue weighted by Crippen LogP contribution is -2.32. The molecule has 1 aromatic carbocycles. The lowest BCUT2D eigenvalue weighted by atomic mass is 9.78. The summed E-state index contributed by atoms with van der Waals surface area (Å²) < 4.78 is 1.08. The van der Waals surface area contributed by atoms with Gasteiger partial charge >= 0.3 is 0 Å². The maximum absolute atomic E-state index is 12.3. The highest BCUT2D eigenvalue weighted by molar-refractivity contribution is 8.23. The highest BCUT2D eigenvalue weighted by atomic mass is 32.2. The zero-order chi connectivity index (χ0) is 17.0. The van der Waals surface area contributed by atoms with E-state index in [1.807, 2.05) is 31.2 Å². The predicted molar refractivity (Wildman–Crippen MR) is 106 cm³/mol. The summed E-state index contributed by atoms with van der Waals surface area (Å²) in [6, 6.07) is 9.81. The molecule has 2 rings (SSSR count). The number of hydrogen-bond donors (Lipinski definition) is 1. The lowest BCUT2D eigenvalue weighted by molar-refractivity contribution is -0.127. The van der Waals surface area contributed by atoms with Gasteiger partial charge in [-0.2, -0.15) is 5.26 Å². The van der Waals surface area contributed by atoms with Crippen molar-refractivity contribution >= 4 is 63.3 Å². The molecule has 0 bridgehead atoms. The molecule has 1 unspecified atom stereocenters. The Hall–Kier alpha value is -0.940. The van der Waals surface area contributed by atoms with Crippen LogP contribution < -0.4 is 0 Å². The van der Waals surface area contributed by atoms with E-state index in [-0.39, 0.29) is 12.3 Å². The Bertz CT molecular complexity index is 698. The molecule has 0 aliphatic carbocycles. The maximum Gasteiger partial charge on any atom is 0.228 e. The molecule has 7 heteroatoms. The summed E-state index contributed by atoms with van der Waals surface area (Å²) in [5.41, 5.74) is 0.788. The summed E-state index contributed by atoms with van der Waals surface area (Å²) in [5.74, 6) is 0.823. The molecule has 0 spiro atoms. The van der Waals surface area contributed by atoms with Crippen molar-refractivity contribution in [3.05, 3.63) is 35.4 Å². The van der Waals surface area contributed by atoms with E-state index in [1.165, 1.54) is 11.8 Å². The molecule has 1 atom stereocenters. The summed E-state index contributed by atoms with van der Waals surface area (Å²) in [6.45, 7) is 2.49. The maximum atomic E-state index is 12.3. The van der Waals surface area contributed by atoms with Crippen molar-refractivity contribution in [1.29, 1.82) is 5.26 Å². The van der Waals surface area contributed by atoms with E-state index in [4.69, 9.17) is 24.4 Å². The predicted octanol–water partition coefficient (Wildman–Crippen LogP) is 3.71. The van der Waals surface area contributed by atoms with E-state index in [0.29, 0.717) is 21.5 Å². The molecule has 0 N–H and O–H groups in total. The number of nitrogens with zero attached hydrogens (tertiary/aromatic N) is 2. The Labute approximate surface area is 156 Å². The molecule has 1 amide bonds. The molecule has 120 valence electrons. The molecule has 0 aromatic heterocycles. The van der Waals surface area contributed by atoms with Gasteiger partial charge in [0, 0.05) is 24.3 Å². The van der Waals surface area contributed by atoms with E-state index in [0.717, 1.165) is 16.9 Å². The van der Waals surface area contributed by atoms with Gasteiger partial charge in [0.15, 0.2) is 0 Å². The van der Waals surface area contributed by atoms with E-state index >= 15 is 0 Å². The summed E-state index contributed by atoms with van der Waals surface area (Å²) in [5, 5.41) is 9.70. The molecule has 0 radical (unpaired) electrons. The molecule has 1 fully saturated rings. The highest BCUT2D eigenvalue weighted by Crippen LogP contribution is 2.32. The summed E-state index contributed by atoms with van der Waals surface area (Å²) in [4.78, 5) is 14.0. The molecule has 1 aliphatic rings. The number of thioether (sulfide) groups is 1. The number of carbonyl (C=O) groups excluding carboxylic acids is 1. The number of benzene rings is 1. The second-order valence-electron chi connectivity index (χ2n) is 5.45. The standard InChI is InChI=1S/C16H16N2OS4/c1-16(10-17,12-5-3-2-4-11(12)14(20)21)7-6-13(19)18-8-9-23-15(18)22/h2-5H,6-9H2,1H3,(H,20,21). The Morgan fingerprint density at radius 1 is 1.52 bits per heavy atom. The number of nitriles is 1. The van der Waals surface area contributed by atoms with Crippen LogP contribution in [-0.2, 0) is 10.2 Å². The van der Waals surface area contributed by atoms with Gasteiger partial charge in [0.25, 0.3) is 0 Å². The smallest absolute Gasteiger partial charge is 0.228 e. The van der Waals surface area contributed by atoms with Crippen LogP contribution in [0.2, 0.25) is 0 Å². The first-order chi connectivity index (χ1) is 10.9. The average Bonchev–Trinajstić information content (AvgIpc) is 2.98. The molecule has 1 heterocycles. The van der Waals surface area contributed by atoms with E-state index in [1.54, 1.807) is 4.90 Å². The number of carbonyl (C=O) groups is 1. The van der Waals surface area contributed by atoms with Gasteiger partial charge < -0.3 is 0 Å². The minimum Gasteiger partial charge on any atom is -0.297 e. The van der Waals surface area contributed by atoms with Gasteiger partial charge in [0.1, 0.15) is 4.32 Å². The van der Waals surface area contributed by atoms with Crippen molar-refractivity contribution in [3.8, 4) is 6.07 Å². The molecule has 1 aliphatic heterocycles. The minimum atomic E-state index is -0.798. The summed E-state index contributed by atoms with van der Waals surface area (Å²) in [6.07, 6.45) is 0.692. The van der Waals surface area contributed by atoms with Gasteiger partial charge in [-0.25, -0.2) is 0 Å². The topological polar surface area (TPSA) is 44.1 Å². The van der Waals surface area contributed by atoms with E-state index < -0.39 is 5.41 Å². The third-order valence-electron chi connectivity index (χ3n) is 3.90. The normalized spacial score (nSPS) is 16.7. The lowest BCUT2D eigenvalue weighted by Gasteiger charge is -2.25. The van der Waals surface area contributed by atoms with Gasteiger partial charge in [-0.1, -0.05) is 60.5 Å². The SMILES string of the molecule is CC(C#N)(CCC(=O)N1CCSC1=S)c1ccccc1C(=S)S. The molecule has 0 saturated carbocycles. The fourth-order valence-electron chi connectivity index (χ4n) is 2.51. The van der Waals surface area contributed by atoms with Crippen LogP contribution in [0.3, 0.4) is 0 Å². The Morgan fingerprint density at radius 2 is 2.22 bits per heavy atom. The Morgan fingerprint density at radius 3 is 2.78 bits per heavy atom. The fraction of sp³-hybridized carbons (Fsp3) is 0.375. The average molecular weight is 381 g/mol. The van der Waals surface area contributed by atoms with Crippen molar-refractivity contribution in [1.82, 2.24) is 4.90 Å². The van der Waals surface area contributed by atoms with Crippen molar-refractivity contribution in [2.24, 2.45) is 0 Å². The number of thiol groups is 1. The second-order valence-corrected chi connectivity index (χ2v) is 8.34. The Balaban J connectivity index is 2.19. The first-order valence-corrected chi connectivity index (χ1v) is 9.35. The van der Waals surface area contributed by atoms with E-state index in [2.05, 4.69) is 18.7 Å². The van der Waals surface area contributed by atoms with Crippen molar-refractivity contribution in [3.63, 3.8) is 0 Å². The third kappa shape index (κ3) is 4.13. The molecule has 3 nitrogen and oxygen atoms in total.